The van der Waals surface area contributed by atoms with Crippen molar-refractivity contribution in [3.05, 3.63) is 29.1 Å². The highest BCUT2D eigenvalue weighted by molar-refractivity contribution is 7.16. The van der Waals surface area contributed by atoms with Gasteiger partial charge in [0.25, 0.3) is 5.91 Å². The van der Waals surface area contributed by atoms with Crippen molar-refractivity contribution in [1.82, 2.24) is 10.3 Å². The molecule has 0 bridgehead atoms. The minimum Gasteiger partial charge on any atom is -0.435 e. The van der Waals surface area contributed by atoms with Crippen molar-refractivity contribution in [1.29, 1.82) is 0 Å². The zero-order valence-electron chi connectivity index (χ0n) is 13.8. The van der Waals surface area contributed by atoms with Crippen LogP contribution in [0.4, 0.5) is 13.9 Å². The van der Waals surface area contributed by atoms with Crippen LogP contribution in [0.25, 0.3) is 11.3 Å². The van der Waals surface area contributed by atoms with Gasteiger partial charge >= 0.3 is 6.61 Å². The Balaban J connectivity index is 0.00000243. The molecule has 2 heterocycles. The summed E-state index contributed by atoms with van der Waals surface area (Å²) < 4.78 is 34.1. The average Bonchev–Trinajstić information content (AvgIpc) is 2.96. The number of amides is 1. The fraction of sp³-hybridized carbons (Fsp3) is 0.375. The Morgan fingerprint density at radius 2 is 2.15 bits per heavy atom. The lowest BCUT2D eigenvalue weighted by atomic mass is 10.1. The molecule has 0 saturated carbocycles. The molecule has 3 rings (SSSR count). The highest BCUT2D eigenvalue weighted by Crippen LogP contribution is 2.31. The zero-order chi connectivity index (χ0) is 17.8. The number of morpholine rings is 1. The molecule has 1 aliphatic heterocycles. The van der Waals surface area contributed by atoms with Crippen molar-refractivity contribution in [2.45, 2.75) is 19.6 Å². The first-order chi connectivity index (χ1) is 12.0. The van der Waals surface area contributed by atoms with E-state index < -0.39 is 12.7 Å². The van der Waals surface area contributed by atoms with E-state index in [9.17, 15) is 13.6 Å². The van der Waals surface area contributed by atoms with Crippen molar-refractivity contribution >= 4 is 34.8 Å². The molecule has 2 aromatic rings. The molecule has 1 atom stereocenters. The summed E-state index contributed by atoms with van der Waals surface area (Å²) in [5.74, 6) is -0.157. The number of anilines is 1. The Labute approximate surface area is 159 Å². The van der Waals surface area contributed by atoms with E-state index in [1.165, 1.54) is 23.5 Å². The van der Waals surface area contributed by atoms with E-state index in [0.717, 1.165) is 17.0 Å². The van der Waals surface area contributed by atoms with Crippen LogP contribution in [0, 0.1) is 6.92 Å². The van der Waals surface area contributed by atoms with Crippen LogP contribution in [0.5, 0.6) is 5.75 Å². The molecule has 0 radical (unpaired) electrons. The molecule has 142 valence electrons. The first-order valence-electron chi connectivity index (χ1n) is 7.69. The second-order valence-corrected chi connectivity index (χ2v) is 6.58. The van der Waals surface area contributed by atoms with Crippen LogP contribution in [0.2, 0.25) is 0 Å². The molecular weight excluding hydrogens is 388 g/mol. The predicted molar refractivity (Wildman–Crippen MR) is 97.4 cm³/mol. The van der Waals surface area contributed by atoms with Crippen molar-refractivity contribution < 1.29 is 23.0 Å². The maximum absolute atomic E-state index is 12.2. The van der Waals surface area contributed by atoms with Gasteiger partial charge in [0.15, 0.2) is 5.13 Å². The number of ether oxygens (including phenoxy) is 2. The lowest BCUT2D eigenvalue weighted by Gasteiger charge is -2.22. The van der Waals surface area contributed by atoms with Crippen molar-refractivity contribution in [2.75, 3.05) is 25.0 Å². The summed E-state index contributed by atoms with van der Waals surface area (Å²) in [6.45, 7) is 0.715. The highest BCUT2D eigenvalue weighted by Gasteiger charge is 2.23. The fourth-order valence-electron chi connectivity index (χ4n) is 2.43. The van der Waals surface area contributed by atoms with Gasteiger partial charge in [-0.2, -0.15) is 8.78 Å². The topological polar surface area (TPSA) is 72.5 Å². The lowest BCUT2D eigenvalue weighted by Crippen LogP contribution is -2.45. The summed E-state index contributed by atoms with van der Waals surface area (Å²) in [4.78, 5) is 17.5. The number of alkyl halides is 2. The Bertz CT molecular complexity index is 737. The third kappa shape index (κ3) is 5.10. The molecule has 1 aliphatic rings. The van der Waals surface area contributed by atoms with Gasteiger partial charge in [-0.05, 0) is 31.2 Å². The third-order valence-electron chi connectivity index (χ3n) is 3.60. The molecule has 6 nitrogen and oxygen atoms in total. The first-order valence-corrected chi connectivity index (χ1v) is 8.50. The summed E-state index contributed by atoms with van der Waals surface area (Å²) in [5.41, 5.74) is 1.44. The number of hydrogen-bond acceptors (Lipinski definition) is 6. The van der Waals surface area contributed by atoms with E-state index in [2.05, 4.69) is 20.4 Å². The number of thiazole rings is 1. The van der Waals surface area contributed by atoms with Gasteiger partial charge in [0, 0.05) is 23.5 Å². The largest absolute Gasteiger partial charge is 0.435 e. The highest BCUT2D eigenvalue weighted by atomic mass is 35.5. The molecule has 1 aromatic carbocycles. The zero-order valence-corrected chi connectivity index (χ0v) is 15.5. The lowest BCUT2D eigenvalue weighted by molar-refractivity contribution is -0.128. The van der Waals surface area contributed by atoms with Crippen molar-refractivity contribution in [3.63, 3.8) is 0 Å². The molecule has 0 aliphatic carbocycles. The molecule has 1 aromatic heterocycles. The molecule has 1 fully saturated rings. The number of hydrogen-bond donors (Lipinski definition) is 2. The number of carbonyl (C=O) groups is 1. The van der Waals surface area contributed by atoms with Crippen LogP contribution in [-0.4, -0.2) is 43.3 Å². The Morgan fingerprint density at radius 1 is 1.42 bits per heavy atom. The number of benzene rings is 1. The molecule has 0 spiro atoms. The van der Waals surface area contributed by atoms with Gasteiger partial charge in [-0.3, -0.25) is 10.1 Å². The van der Waals surface area contributed by atoms with Crippen molar-refractivity contribution in [3.8, 4) is 17.0 Å². The maximum Gasteiger partial charge on any atom is 0.387 e. The van der Waals surface area contributed by atoms with Gasteiger partial charge < -0.3 is 14.8 Å². The summed E-state index contributed by atoms with van der Waals surface area (Å²) in [6.07, 6.45) is -0.535. The van der Waals surface area contributed by atoms with Crippen LogP contribution < -0.4 is 15.4 Å². The van der Waals surface area contributed by atoms with Gasteiger partial charge in [0.05, 0.1) is 12.3 Å². The fourth-order valence-corrected chi connectivity index (χ4v) is 3.27. The smallest absolute Gasteiger partial charge is 0.387 e. The van der Waals surface area contributed by atoms with E-state index in [1.807, 2.05) is 6.92 Å². The van der Waals surface area contributed by atoms with Crippen LogP contribution in [0.3, 0.4) is 0 Å². The predicted octanol–water partition coefficient (Wildman–Crippen LogP) is 3.07. The molecular formula is C16H18ClF2N3O3S. The van der Waals surface area contributed by atoms with E-state index >= 15 is 0 Å². The first kappa shape index (κ1) is 20.5. The molecule has 1 amide bonds. The third-order valence-corrected chi connectivity index (χ3v) is 4.49. The average molecular weight is 406 g/mol. The number of rotatable bonds is 5. The second kappa shape index (κ2) is 9.22. The number of nitrogens with zero attached hydrogens (tertiary/aromatic N) is 1. The molecule has 10 heteroatoms. The molecule has 1 saturated heterocycles. The van der Waals surface area contributed by atoms with Gasteiger partial charge in [-0.1, -0.05) is 0 Å². The second-order valence-electron chi connectivity index (χ2n) is 5.38. The Kier molecular flexibility index (Phi) is 7.27. The maximum atomic E-state index is 12.2. The van der Waals surface area contributed by atoms with Gasteiger partial charge in [0.1, 0.15) is 11.9 Å². The number of carbonyl (C=O) groups excluding carboxylic acids is 1. The van der Waals surface area contributed by atoms with Gasteiger partial charge in [-0.25, -0.2) is 4.98 Å². The molecule has 26 heavy (non-hydrogen) atoms. The Morgan fingerprint density at radius 3 is 2.77 bits per heavy atom. The summed E-state index contributed by atoms with van der Waals surface area (Å²) in [7, 11) is 0. The number of nitrogens with one attached hydrogen (secondary N) is 2. The van der Waals surface area contributed by atoms with E-state index in [-0.39, 0.29) is 24.1 Å². The van der Waals surface area contributed by atoms with Crippen LogP contribution >= 0.6 is 23.7 Å². The van der Waals surface area contributed by atoms with E-state index in [4.69, 9.17) is 4.74 Å². The molecule has 1 unspecified atom stereocenters. The van der Waals surface area contributed by atoms with Crippen molar-refractivity contribution in [2.24, 2.45) is 0 Å². The summed E-state index contributed by atoms with van der Waals surface area (Å²) in [6, 6.07) is 6.22. The standard InChI is InChI=1S/C16H17F2N3O3S.ClH/c1-9-13(10-2-4-11(5-3-10)24-15(17)18)20-16(25-9)21-14(22)12-8-19-6-7-23-12;/h2-5,12,15,19H,6-8H2,1H3,(H,20,21,22);1H. The van der Waals surface area contributed by atoms with Crippen LogP contribution in [-0.2, 0) is 9.53 Å². The van der Waals surface area contributed by atoms with Crippen LogP contribution in [0.1, 0.15) is 4.88 Å². The van der Waals surface area contributed by atoms with E-state index in [1.54, 1.807) is 12.1 Å². The quantitative estimate of drug-likeness (QED) is 0.799. The normalized spacial score (nSPS) is 16.8. The molecule has 2 N–H and O–H groups in total. The van der Waals surface area contributed by atoms with Crippen LogP contribution in [0.15, 0.2) is 24.3 Å². The number of aryl methyl sites for hydroxylation is 1. The number of halogens is 3. The number of aromatic nitrogens is 1. The Hall–Kier alpha value is -1.81. The summed E-state index contributed by atoms with van der Waals surface area (Å²) in [5, 5.41) is 6.33. The SMILES string of the molecule is Cc1sc(NC(=O)C2CNCCO2)nc1-c1ccc(OC(F)F)cc1.Cl. The van der Waals surface area contributed by atoms with Gasteiger partial charge in [0.2, 0.25) is 0 Å². The van der Waals surface area contributed by atoms with Gasteiger partial charge in [-0.15, -0.1) is 23.7 Å². The monoisotopic (exact) mass is 405 g/mol. The van der Waals surface area contributed by atoms with E-state index in [0.29, 0.717) is 24.0 Å². The minimum atomic E-state index is -2.86. The summed E-state index contributed by atoms with van der Waals surface area (Å²) >= 11 is 1.35. The minimum absolute atomic E-state index is 0.